The number of hydrogen-bond acceptors (Lipinski definition) is 6. The van der Waals surface area contributed by atoms with Gasteiger partial charge in [0.2, 0.25) is 0 Å². The number of nitrogens with zero attached hydrogens (tertiary/aromatic N) is 3. The number of aromatic nitrogens is 1. The van der Waals surface area contributed by atoms with E-state index in [9.17, 15) is 5.11 Å². The minimum Gasteiger partial charge on any atom is -0.508 e. The third-order valence-electron chi connectivity index (χ3n) is 7.30. The van der Waals surface area contributed by atoms with Gasteiger partial charge in [-0.3, -0.25) is 14.8 Å². The minimum atomic E-state index is 0.335. The summed E-state index contributed by atoms with van der Waals surface area (Å²) in [5, 5.41) is 10.4. The quantitative estimate of drug-likeness (QED) is 0.396. The van der Waals surface area contributed by atoms with Crippen molar-refractivity contribution in [2.75, 3.05) is 40.5 Å². The normalized spacial score (nSPS) is 15.8. The molecule has 1 N–H and O–H groups in total. The van der Waals surface area contributed by atoms with Gasteiger partial charge in [-0.15, -0.1) is 0 Å². The summed E-state index contributed by atoms with van der Waals surface area (Å²) in [4.78, 5) is 9.40. The number of phenolic OH excluding ortho intramolecular Hbond substituents is 1. The van der Waals surface area contributed by atoms with Crippen molar-refractivity contribution in [3.63, 3.8) is 0 Å². The molecule has 0 radical (unpaired) electrons. The highest BCUT2D eigenvalue weighted by Crippen LogP contribution is 2.30. The summed E-state index contributed by atoms with van der Waals surface area (Å²) in [6.45, 7) is 5.23. The van der Waals surface area contributed by atoms with Crippen LogP contribution in [0.25, 0.3) is 0 Å². The Morgan fingerprint density at radius 2 is 1.81 bits per heavy atom. The van der Waals surface area contributed by atoms with Gasteiger partial charge in [0, 0.05) is 50.7 Å². The smallest absolute Gasteiger partial charge is 0.120 e. The van der Waals surface area contributed by atoms with Gasteiger partial charge in [0.25, 0.3) is 0 Å². The Morgan fingerprint density at radius 1 is 1.03 bits per heavy atom. The molecule has 1 aliphatic rings. The first-order valence-electron chi connectivity index (χ1n) is 12.9. The fourth-order valence-electron chi connectivity index (χ4n) is 5.30. The van der Waals surface area contributed by atoms with Gasteiger partial charge in [0.05, 0.1) is 13.7 Å². The zero-order valence-electron chi connectivity index (χ0n) is 21.6. The fourth-order valence-corrected chi connectivity index (χ4v) is 5.30. The third kappa shape index (κ3) is 7.29. The summed E-state index contributed by atoms with van der Waals surface area (Å²) in [6.07, 6.45) is 7.08. The summed E-state index contributed by atoms with van der Waals surface area (Å²) < 4.78 is 10.9. The molecule has 0 saturated carbocycles. The molecule has 1 fully saturated rings. The Hall–Kier alpha value is -2.93. The van der Waals surface area contributed by atoms with Gasteiger partial charge >= 0.3 is 0 Å². The van der Waals surface area contributed by atoms with E-state index in [0.29, 0.717) is 24.3 Å². The van der Waals surface area contributed by atoms with Crippen molar-refractivity contribution in [1.82, 2.24) is 14.8 Å². The minimum absolute atomic E-state index is 0.335. The van der Waals surface area contributed by atoms with Gasteiger partial charge in [-0.2, -0.15) is 0 Å². The molecular weight excluding hydrogens is 450 g/mol. The lowest BCUT2D eigenvalue weighted by Gasteiger charge is -2.41. The van der Waals surface area contributed by atoms with Gasteiger partial charge in [-0.25, -0.2) is 0 Å². The average Bonchev–Trinajstić information content (AvgIpc) is 2.93. The SMILES string of the molecule is COCCN(Cc1cccnc1)C(Cc1ccccc1)C1CCN(Cc2cc(OC)ccc2O)CC1. The molecule has 2 heterocycles. The second-order valence-corrected chi connectivity index (χ2v) is 9.69. The highest BCUT2D eigenvalue weighted by molar-refractivity contribution is 5.39. The highest BCUT2D eigenvalue weighted by atomic mass is 16.5. The van der Waals surface area contributed by atoms with Crippen LogP contribution in [0.1, 0.15) is 29.5 Å². The van der Waals surface area contributed by atoms with Gasteiger partial charge in [0.15, 0.2) is 0 Å². The number of pyridine rings is 1. The zero-order chi connectivity index (χ0) is 25.2. The Labute approximate surface area is 215 Å². The van der Waals surface area contributed by atoms with Crippen LogP contribution in [0.4, 0.5) is 0 Å². The van der Waals surface area contributed by atoms with E-state index in [4.69, 9.17) is 9.47 Å². The molecule has 1 aliphatic heterocycles. The molecule has 36 heavy (non-hydrogen) atoms. The molecule has 1 aromatic heterocycles. The number of piperidine rings is 1. The molecule has 4 rings (SSSR count). The van der Waals surface area contributed by atoms with Crippen molar-refractivity contribution in [1.29, 1.82) is 0 Å². The molecule has 2 aromatic carbocycles. The monoisotopic (exact) mass is 489 g/mol. The van der Waals surface area contributed by atoms with Crippen molar-refractivity contribution < 1.29 is 14.6 Å². The molecule has 192 valence electrons. The summed E-state index contributed by atoms with van der Waals surface area (Å²) in [5.41, 5.74) is 3.53. The van der Waals surface area contributed by atoms with Crippen LogP contribution in [-0.4, -0.2) is 66.4 Å². The van der Waals surface area contributed by atoms with Crippen LogP contribution < -0.4 is 4.74 Å². The first-order chi connectivity index (χ1) is 17.7. The summed E-state index contributed by atoms with van der Waals surface area (Å²) in [7, 11) is 3.44. The van der Waals surface area contributed by atoms with Crippen LogP contribution >= 0.6 is 0 Å². The van der Waals surface area contributed by atoms with E-state index in [1.807, 2.05) is 24.5 Å². The van der Waals surface area contributed by atoms with E-state index in [1.54, 1.807) is 26.4 Å². The van der Waals surface area contributed by atoms with E-state index in [-0.39, 0.29) is 0 Å². The van der Waals surface area contributed by atoms with Crippen LogP contribution in [0, 0.1) is 5.92 Å². The number of aromatic hydroxyl groups is 1. The fraction of sp³-hybridized carbons (Fsp3) is 0.433. The van der Waals surface area contributed by atoms with Crippen LogP contribution in [0.5, 0.6) is 11.5 Å². The maximum absolute atomic E-state index is 10.4. The lowest BCUT2D eigenvalue weighted by molar-refractivity contribution is 0.0569. The standard InChI is InChI=1S/C30H39N3O3/c1-35-18-17-33(22-25-9-6-14-31-21-25)29(19-24-7-4-3-5-8-24)26-12-15-32(16-13-26)23-27-20-28(36-2)10-11-30(27)34/h3-11,14,20-21,26,29,34H,12-13,15-19,22-23H2,1-2H3. The van der Waals surface area contributed by atoms with Crippen molar-refractivity contribution in [3.8, 4) is 11.5 Å². The first kappa shape index (κ1) is 26.1. The number of ether oxygens (including phenoxy) is 2. The Kier molecular flexibility index (Phi) is 9.73. The van der Waals surface area contributed by atoms with Crippen molar-refractivity contribution >= 4 is 0 Å². The molecule has 0 spiro atoms. The number of likely N-dealkylation sites (tertiary alicyclic amines) is 1. The van der Waals surface area contributed by atoms with E-state index in [1.165, 1.54) is 11.1 Å². The lowest BCUT2D eigenvalue weighted by atomic mass is 9.84. The van der Waals surface area contributed by atoms with Crippen molar-refractivity contribution in [2.45, 2.75) is 38.4 Å². The summed E-state index contributed by atoms with van der Waals surface area (Å²) in [5.74, 6) is 1.70. The van der Waals surface area contributed by atoms with Crippen LogP contribution in [0.3, 0.4) is 0 Å². The van der Waals surface area contributed by atoms with Crippen molar-refractivity contribution in [2.24, 2.45) is 5.92 Å². The number of hydrogen-bond donors (Lipinski definition) is 1. The molecule has 0 aliphatic carbocycles. The second kappa shape index (κ2) is 13.4. The van der Waals surface area contributed by atoms with Crippen molar-refractivity contribution in [3.05, 3.63) is 89.7 Å². The Bertz CT molecular complexity index is 1040. The number of phenols is 1. The molecule has 0 amide bonds. The molecule has 6 heteroatoms. The molecule has 1 atom stereocenters. The van der Waals surface area contributed by atoms with Crippen LogP contribution in [0.15, 0.2) is 73.1 Å². The van der Waals surface area contributed by atoms with E-state index < -0.39 is 0 Å². The van der Waals surface area contributed by atoms with Crippen LogP contribution in [-0.2, 0) is 24.2 Å². The number of benzene rings is 2. The molecule has 3 aromatic rings. The zero-order valence-corrected chi connectivity index (χ0v) is 21.6. The maximum atomic E-state index is 10.4. The average molecular weight is 490 g/mol. The topological polar surface area (TPSA) is 58.1 Å². The van der Waals surface area contributed by atoms with E-state index in [2.05, 4.69) is 51.2 Å². The predicted molar refractivity (Wildman–Crippen MR) is 143 cm³/mol. The largest absolute Gasteiger partial charge is 0.508 e. The number of rotatable bonds is 12. The van der Waals surface area contributed by atoms with Gasteiger partial charge < -0.3 is 14.6 Å². The van der Waals surface area contributed by atoms with Gasteiger partial charge in [-0.1, -0.05) is 36.4 Å². The summed E-state index contributed by atoms with van der Waals surface area (Å²) in [6, 6.07) is 20.9. The lowest BCUT2D eigenvalue weighted by Crippen LogP contribution is -2.47. The predicted octanol–water partition coefficient (Wildman–Crippen LogP) is 4.77. The molecule has 0 bridgehead atoms. The Balaban J connectivity index is 1.48. The van der Waals surface area contributed by atoms with Crippen LogP contribution in [0.2, 0.25) is 0 Å². The second-order valence-electron chi connectivity index (χ2n) is 9.69. The Morgan fingerprint density at radius 3 is 2.50 bits per heavy atom. The van der Waals surface area contributed by atoms with Gasteiger partial charge in [0.1, 0.15) is 11.5 Å². The highest BCUT2D eigenvalue weighted by Gasteiger charge is 2.31. The third-order valence-corrected chi connectivity index (χ3v) is 7.30. The van der Waals surface area contributed by atoms with Gasteiger partial charge in [-0.05, 0) is 73.7 Å². The first-order valence-corrected chi connectivity index (χ1v) is 12.9. The molecular formula is C30H39N3O3. The molecule has 6 nitrogen and oxygen atoms in total. The summed E-state index contributed by atoms with van der Waals surface area (Å²) >= 11 is 0. The number of methoxy groups -OCH3 is 2. The maximum Gasteiger partial charge on any atom is 0.120 e. The molecule has 1 saturated heterocycles. The molecule has 1 unspecified atom stereocenters. The van der Waals surface area contributed by atoms with E-state index in [0.717, 1.165) is 63.3 Å². The van der Waals surface area contributed by atoms with E-state index >= 15 is 0 Å².